The predicted molar refractivity (Wildman–Crippen MR) is 92.5 cm³/mol. The SMILES string of the molecule is Cc1nnnn1-c1ccc(F)c(NS(=O)(=O)c2cccc(S(N)(=O)=O)c2)c1. The number of nitrogens with two attached hydrogens (primary N) is 1. The summed E-state index contributed by atoms with van der Waals surface area (Å²) in [4.78, 5) is -0.777. The normalized spacial score (nSPS) is 12.1. The van der Waals surface area contributed by atoms with Crippen LogP contribution in [0.3, 0.4) is 0 Å². The van der Waals surface area contributed by atoms with Crippen LogP contribution in [0.15, 0.2) is 52.3 Å². The molecule has 142 valence electrons. The van der Waals surface area contributed by atoms with Gasteiger partial charge in [-0.2, -0.15) is 4.68 Å². The Morgan fingerprint density at radius 3 is 2.41 bits per heavy atom. The van der Waals surface area contributed by atoms with Gasteiger partial charge in [-0.15, -0.1) is 5.10 Å². The highest BCUT2D eigenvalue weighted by molar-refractivity contribution is 7.93. The van der Waals surface area contributed by atoms with E-state index >= 15 is 0 Å². The zero-order chi connectivity index (χ0) is 19.8. The molecule has 0 fully saturated rings. The number of primary sulfonamides is 1. The molecule has 0 amide bonds. The Morgan fingerprint density at radius 2 is 1.78 bits per heavy atom. The zero-order valence-electron chi connectivity index (χ0n) is 13.7. The molecule has 10 nitrogen and oxygen atoms in total. The van der Waals surface area contributed by atoms with Gasteiger partial charge in [-0.05, 0) is 53.7 Å². The summed E-state index contributed by atoms with van der Waals surface area (Å²) in [6, 6.07) is 8.03. The van der Waals surface area contributed by atoms with Crippen molar-refractivity contribution in [1.29, 1.82) is 0 Å². The lowest BCUT2D eigenvalue weighted by Gasteiger charge is -2.11. The molecule has 0 saturated carbocycles. The molecule has 13 heteroatoms. The molecule has 3 aromatic rings. The number of rotatable bonds is 5. The van der Waals surface area contributed by atoms with Crippen molar-refractivity contribution >= 4 is 25.7 Å². The first-order chi connectivity index (χ1) is 12.6. The van der Waals surface area contributed by atoms with Gasteiger partial charge in [0.25, 0.3) is 10.0 Å². The second kappa shape index (κ2) is 6.68. The molecule has 27 heavy (non-hydrogen) atoms. The molecule has 3 rings (SSSR count). The van der Waals surface area contributed by atoms with Crippen LogP contribution >= 0.6 is 0 Å². The number of nitrogens with zero attached hydrogens (tertiary/aromatic N) is 4. The Morgan fingerprint density at radius 1 is 1.07 bits per heavy atom. The molecule has 2 aromatic carbocycles. The van der Waals surface area contributed by atoms with Crippen LogP contribution in [0.4, 0.5) is 10.1 Å². The topological polar surface area (TPSA) is 150 Å². The Balaban J connectivity index is 2.01. The first kappa shape index (κ1) is 18.9. The first-order valence-corrected chi connectivity index (χ1v) is 10.3. The second-order valence-electron chi connectivity index (χ2n) is 5.43. The Bertz CT molecular complexity index is 1220. The summed E-state index contributed by atoms with van der Waals surface area (Å²) in [5.41, 5.74) is -0.0294. The Labute approximate surface area is 153 Å². The lowest BCUT2D eigenvalue weighted by molar-refractivity contribution is 0.596. The van der Waals surface area contributed by atoms with Crippen LogP contribution in [-0.4, -0.2) is 37.0 Å². The van der Waals surface area contributed by atoms with Crippen LogP contribution in [0.1, 0.15) is 5.82 Å². The van der Waals surface area contributed by atoms with Crippen LogP contribution in [0.2, 0.25) is 0 Å². The van der Waals surface area contributed by atoms with Gasteiger partial charge in [0.05, 0.1) is 21.2 Å². The quantitative estimate of drug-likeness (QED) is 0.621. The Hall–Kier alpha value is -2.90. The molecule has 0 aliphatic carbocycles. The van der Waals surface area contributed by atoms with Crippen LogP contribution in [0.5, 0.6) is 0 Å². The molecule has 3 N–H and O–H groups in total. The Kier molecular flexibility index (Phi) is 4.67. The fourth-order valence-corrected chi connectivity index (χ4v) is 3.95. The summed E-state index contributed by atoms with van der Waals surface area (Å²) in [7, 11) is -8.38. The number of aromatic nitrogens is 4. The van der Waals surface area contributed by atoms with Crippen LogP contribution in [0, 0.1) is 12.7 Å². The minimum Gasteiger partial charge on any atom is -0.277 e. The molecule has 0 unspecified atom stereocenters. The van der Waals surface area contributed by atoms with Gasteiger partial charge in [-0.25, -0.2) is 26.4 Å². The second-order valence-corrected chi connectivity index (χ2v) is 8.67. The maximum Gasteiger partial charge on any atom is 0.262 e. The van der Waals surface area contributed by atoms with E-state index in [1.165, 1.54) is 22.9 Å². The van der Waals surface area contributed by atoms with Crippen LogP contribution in [-0.2, 0) is 20.0 Å². The molecule has 1 heterocycles. The number of benzene rings is 2. The van der Waals surface area contributed by atoms with Crippen molar-refractivity contribution < 1.29 is 21.2 Å². The summed E-state index contributed by atoms with van der Waals surface area (Å²) >= 11 is 0. The van der Waals surface area contributed by atoms with Crippen molar-refractivity contribution in [2.24, 2.45) is 5.14 Å². The molecule has 0 aliphatic rings. The van der Waals surface area contributed by atoms with Crippen molar-refractivity contribution in [1.82, 2.24) is 20.2 Å². The molecular weight excluding hydrogens is 399 g/mol. The standard InChI is InChI=1S/C14H13FN6O4S2/c1-9-17-19-20-21(9)10-5-6-13(15)14(7-10)18-27(24,25)12-4-2-3-11(8-12)26(16,22)23/h2-8,18H,1H3,(H2,16,22,23). The maximum atomic E-state index is 14.1. The first-order valence-electron chi connectivity index (χ1n) is 7.28. The van der Waals surface area contributed by atoms with E-state index in [0.717, 1.165) is 24.3 Å². The third-order valence-electron chi connectivity index (χ3n) is 3.51. The highest BCUT2D eigenvalue weighted by Crippen LogP contribution is 2.23. The monoisotopic (exact) mass is 412 g/mol. The summed E-state index contributed by atoms with van der Waals surface area (Å²) in [5.74, 6) is -0.424. The number of hydrogen-bond acceptors (Lipinski definition) is 7. The van der Waals surface area contributed by atoms with Crippen molar-refractivity contribution in [2.45, 2.75) is 16.7 Å². The average molecular weight is 412 g/mol. The third kappa shape index (κ3) is 3.94. The largest absolute Gasteiger partial charge is 0.277 e. The van der Waals surface area contributed by atoms with E-state index in [1.807, 2.05) is 0 Å². The molecule has 0 aliphatic heterocycles. The fourth-order valence-electron chi connectivity index (χ4n) is 2.22. The molecule has 0 saturated heterocycles. The van der Waals surface area contributed by atoms with Crippen molar-refractivity contribution in [3.05, 3.63) is 54.1 Å². The summed E-state index contributed by atoms with van der Waals surface area (Å²) in [6.07, 6.45) is 0. The average Bonchev–Trinajstić information content (AvgIpc) is 3.02. The lowest BCUT2D eigenvalue weighted by Crippen LogP contribution is -2.17. The summed E-state index contributed by atoms with van der Waals surface area (Å²) < 4.78 is 65.4. The minimum absolute atomic E-state index is 0.329. The van der Waals surface area contributed by atoms with E-state index in [4.69, 9.17) is 5.14 Å². The van der Waals surface area contributed by atoms with E-state index in [2.05, 4.69) is 20.2 Å². The van der Waals surface area contributed by atoms with Gasteiger partial charge in [0.1, 0.15) is 5.82 Å². The summed E-state index contributed by atoms with van der Waals surface area (Å²) in [5, 5.41) is 15.9. The number of aryl methyl sites for hydroxylation is 1. The molecule has 0 atom stereocenters. The lowest BCUT2D eigenvalue weighted by atomic mass is 10.2. The van der Waals surface area contributed by atoms with Gasteiger partial charge in [-0.3, -0.25) is 4.72 Å². The van der Waals surface area contributed by atoms with Crippen molar-refractivity contribution in [3.63, 3.8) is 0 Å². The van der Waals surface area contributed by atoms with Gasteiger partial charge >= 0.3 is 0 Å². The molecule has 0 bridgehead atoms. The van der Waals surface area contributed by atoms with Crippen LogP contribution < -0.4 is 9.86 Å². The number of anilines is 1. The van der Waals surface area contributed by atoms with E-state index < -0.39 is 30.8 Å². The van der Waals surface area contributed by atoms with Crippen molar-refractivity contribution in [3.8, 4) is 5.69 Å². The van der Waals surface area contributed by atoms with Gasteiger partial charge in [-0.1, -0.05) is 6.07 Å². The third-order valence-corrected chi connectivity index (χ3v) is 5.78. The van der Waals surface area contributed by atoms with Gasteiger partial charge in [0, 0.05) is 0 Å². The van der Waals surface area contributed by atoms with E-state index in [1.54, 1.807) is 6.92 Å². The van der Waals surface area contributed by atoms with Crippen LogP contribution in [0.25, 0.3) is 5.69 Å². The minimum atomic E-state index is -4.29. The summed E-state index contributed by atoms with van der Waals surface area (Å²) in [6.45, 7) is 1.62. The maximum absolute atomic E-state index is 14.1. The molecule has 0 radical (unpaired) electrons. The number of hydrogen-bond donors (Lipinski definition) is 2. The van der Waals surface area contributed by atoms with E-state index in [9.17, 15) is 21.2 Å². The number of sulfonamides is 2. The number of nitrogens with one attached hydrogen (secondary N) is 1. The molecular formula is C14H13FN6O4S2. The zero-order valence-corrected chi connectivity index (χ0v) is 15.4. The van der Waals surface area contributed by atoms with Crippen molar-refractivity contribution in [2.75, 3.05) is 4.72 Å². The van der Waals surface area contributed by atoms with Gasteiger partial charge in [0.2, 0.25) is 10.0 Å². The highest BCUT2D eigenvalue weighted by Gasteiger charge is 2.20. The highest BCUT2D eigenvalue weighted by atomic mass is 32.2. The number of tetrazole rings is 1. The number of halogens is 1. The van der Waals surface area contributed by atoms with E-state index in [0.29, 0.717) is 11.5 Å². The van der Waals surface area contributed by atoms with E-state index in [-0.39, 0.29) is 10.6 Å². The van der Waals surface area contributed by atoms with Gasteiger partial charge in [0.15, 0.2) is 5.82 Å². The smallest absolute Gasteiger partial charge is 0.262 e. The fraction of sp³-hybridized carbons (Fsp3) is 0.0714. The predicted octanol–water partition coefficient (Wildman–Crippen LogP) is 0.558. The van der Waals surface area contributed by atoms with Gasteiger partial charge < -0.3 is 0 Å². The molecule has 0 spiro atoms. The molecule has 1 aromatic heterocycles.